The molecule has 0 atom stereocenters. The maximum Gasteiger partial charge on any atom is 0.278 e. The number of benzene rings is 1. The summed E-state index contributed by atoms with van der Waals surface area (Å²) in [5, 5.41) is 0. The standard InChI is InChI=1S/C14H17N5O/c1-3-19(11-6-4-10(2)5-7-11)14(20)12-8-16-9-13(17-12)18-15/h4-9H,3,15H2,1-2H3,(H,17,18). The van der Waals surface area contributed by atoms with Crippen molar-refractivity contribution in [3.8, 4) is 0 Å². The minimum absolute atomic E-state index is 0.207. The molecule has 104 valence electrons. The molecule has 1 amide bonds. The minimum atomic E-state index is -0.207. The average molecular weight is 271 g/mol. The summed E-state index contributed by atoms with van der Waals surface area (Å²) in [5.74, 6) is 5.43. The van der Waals surface area contributed by atoms with Crippen LogP contribution in [-0.4, -0.2) is 22.4 Å². The molecule has 6 nitrogen and oxygen atoms in total. The number of hydrogen-bond acceptors (Lipinski definition) is 5. The Labute approximate surface area is 117 Å². The maximum absolute atomic E-state index is 12.5. The number of amides is 1. The van der Waals surface area contributed by atoms with Crippen LogP contribution in [0.5, 0.6) is 0 Å². The molecule has 6 heteroatoms. The van der Waals surface area contributed by atoms with E-state index in [-0.39, 0.29) is 11.6 Å². The van der Waals surface area contributed by atoms with Crippen LogP contribution in [0.1, 0.15) is 23.0 Å². The first kappa shape index (κ1) is 14.0. The Morgan fingerprint density at radius 3 is 2.60 bits per heavy atom. The molecule has 0 radical (unpaired) electrons. The Kier molecular flexibility index (Phi) is 4.27. The normalized spacial score (nSPS) is 10.2. The van der Waals surface area contributed by atoms with E-state index in [1.807, 2.05) is 38.1 Å². The van der Waals surface area contributed by atoms with Gasteiger partial charge in [0.2, 0.25) is 0 Å². The lowest BCUT2D eigenvalue weighted by Gasteiger charge is -2.20. The zero-order valence-corrected chi connectivity index (χ0v) is 11.5. The van der Waals surface area contributed by atoms with Crippen LogP contribution in [0.4, 0.5) is 11.5 Å². The van der Waals surface area contributed by atoms with Gasteiger partial charge in [0.1, 0.15) is 5.69 Å². The predicted molar refractivity (Wildman–Crippen MR) is 78.4 cm³/mol. The number of aromatic nitrogens is 2. The molecule has 2 aromatic rings. The number of rotatable bonds is 4. The highest BCUT2D eigenvalue weighted by molar-refractivity contribution is 6.04. The Bertz CT molecular complexity index is 597. The Balaban J connectivity index is 2.31. The summed E-state index contributed by atoms with van der Waals surface area (Å²) >= 11 is 0. The zero-order valence-electron chi connectivity index (χ0n) is 11.5. The van der Waals surface area contributed by atoms with Gasteiger partial charge in [0.15, 0.2) is 5.82 Å². The highest BCUT2D eigenvalue weighted by Crippen LogP contribution is 2.17. The van der Waals surface area contributed by atoms with Gasteiger partial charge in [-0.1, -0.05) is 17.7 Å². The number of hydrogen-bond donors (Lipinski definition) is 2. The molecule has 0 aliphatic carbocycles. The van der Waals surface area contributed by atoms with Crippen LogP contribution < -0.4 is 16.2 Å². The van der Waals surface area contributed by atoms with Crippen LogP contribution in [0.25, 0.3) is 0 Å². The van der Waals surface area contributed by atoms with Crippen LogP contribution in [-0.2, 0) is 0 Å². The summed E-state index contributed by atoms with van der Waals surface area (Å²) in [6.45, 7) is 4.46. The van der Waals surface area contributed by atoms with Crippen LogP contribution in [0, 0.1) is 6.92 Å². The van der Waals surface area contributed by atoms with Crippen molar-refractivity contribution < 1.29 is 4.79 Å². The largest absolute Gasteiger partial charge is 0.307 e. The van der Waals surface area contributed by atoms with E-state index >= 15 is 0 Å². The van der Waals surface area contributed by atoms with Crippen molar-refractivity contribution >= 4 is 17.4 Å². The highest BCUT2D eigenvalue weighted by Gasteiger charge is 2.18. The molecular formula is C14H17N5O. The molecular weight excluding hydrogens is 254 g/mol. The number of nitrogen functional groups attached to an aromatic ring is 1. The minimum Gasteiger partial charge on any atom is -0.307 e. The van der Waals surface area contributed by atoms with Gasteiger partial charge in [0.25, 0.3) is 5.91 Å². The monoisotopic (exact) mass is 271 g/mol. The van der Waals surface area contributed by atoms with Gasteiger partial charge in [-0.2, -0.15) is 0 Å². The third-order valence-corrected chi connectivity index (χ3v) is 2.91. The smallest absolute Gasteiger partial charge is 0.278 e. The van der Waals surface area contributed by atoms with E-state index in [9.17, 15) is 4.79 Å². The average Bonchev–Trinajstić information content (AvgIpc) is 2.50. The van der Waals surface area contributed by atoms with E-state index in [1.165, 1.54) is 12.4 Å². The molecule has 1 heterocycles. The number of nitrogens with zero attached hydrogens (tertiary/aromatic N) is 3. The van der Waals surface area contributed by atoms with Gasteiger partial charge in [-0.25, -0.2) is 10.8 Å². The van der Waals surface area contributed by atoms with Crippen molar-refractivity contribution in [1.82, 2.24) is 9.97 Å². The topological polar surface area (TPSA) is 84.1 Å². The van der Waals surface area contributed by atoms with Gasteiger partial charge in [0.05, 0.1) is 12.4 Å². The van der Waals surface area contributed by atoms with Gasteiger partial charge in [-0.15, -0.1) is 0 Å². The molecule has 0 aliphatic heterocycles. The number of aryl methyl sites for hydroxylation is 1. The van der Waals surface area contributed by atoms with Gasteiger partial charge in [-0.3, -0.25) is 9.78 Å². The second-order valence-electron chi connectivity index (χ2n) is 4.32. The molecule has 20 heavy (non-hydrogen) atoms. The molecule has 1 aromatic heterocycles. The third kappa shape index (κ3) is 2.92. The van der Waals surface area contributed by atoms with Crippen molar-refractivity contribution in [1.29, 1.82) is 0 Å². The van der Waals surface area contributed by atoms with E-state index in [1.54, 1.807) is 4.90 Å². The SMILES string of the molecule is CCN(C(=O)c1cncc(NN)n1)c1ccc(C)cc1. The van der Waals surface area contributed by atoms with Crippen molar-refractivity contribution in [2.24, 2.45) is 5.84 Å². The van der Waals surface area contributed by atoms with Crippen LogP contribution >= 0.6 is 0 Å². The number of anilines is 2. The predicted octanol–water partition coefficient (Wildman–Crippen LogP) is 1.74. The Morgan fingerprint density at radius 1 is 1.30 bits per heavy atom. The lowest BCUT2D eigenvalue weighted by Crippen LogP contribution is -2.31. The zero-order chi connectivity index (χ0) is 14.5. The number of carbonyl (C=O) groups excluding carboxylic acids is 1. The van der Waals surface area contributed by atoms with Crippen molar-refractivity contribution in [3.05, 3.63) is 47.9 Å². The number of carbonyl (C=O) groups is 1. The second kappa shape index (κ2) is 6.12. The number of nitrogens with two attached hydrogens (primary N) is 1. The number of hydrazine groups is 1. The van der Waals surface area contributed by atoms with E-state index in [0.717, 1.165) is 11.3 Å². The first-order chi connectivity index (χ1) is 9.65. The van der Waals surface area contributed by atoms with E-state index < -0.39 is 0 Å². The first-order valence-electron chi connectivity index (χ1n) is 6.33. The highest BCUT2D eigenvalue weighted by atomic mass is 16.2. The molecule has 1 aromatic carbocycles. The molecule has 0 spiro atoms. The molecule has 0 unspecified atom stereocenters. The third-order valence-electron chi connectivity index (χ3n) is 2.91. The number of nitrogens with one attached hydrogen (secondary N) is 1. The van der Waals surface area contributed by atoms with E-state index in [2.05, 4.69) is 15.4 Å². The molecule has 0 fully saturated rings. The van der Waals surface area contributed by atoms with E-state index in [0.29, 0.717) is 12.4 Å². The maximum atomic E-state index is 12.5. The van der Waals surface area contributed by atoms with Gasteiger partial charge in [-0.05, 0) is 26.0 Å². The van der Waals surface area contributed by atoms with Crippen LogP contribution in [0.3, 0.4) is 0 Å². The quantitative estimate of drug-likeness (QED) is 0.653. The summed E-state index contributed by atoms with van der Waals surface area (Å²) < 4.78 is 0. The lowest BCUT2D eigenvalue weighted by molar-refractivity contribution is 0.0983. The van der Waals surface area contributed by atoms with Crippen molar-refractivity contribution in [2.75, 3.05) is 16.9 Å². The van der Waals surface area contributed by atoms with Crippen LogP contribution in [0.2, 0.25) is 0 Å². The molecule has 0 saturated heterocycles. The molecule has 3 N–H and O–H groups in total. The fourth-order valence-corrected chi connectivity index (χ4v) is 1.84. The summed E-state index contributed by atoms with van der Waals surface area (Å²) in [5.41, 5.74) is 4.61. The molecule has 2 rings (SSSR count). The van der Waals surface area contributed by atoms with Crippen LogP contribution in [0.15, 0.2) is 36.7 Å². The summed E-state index contributed by atoms with van der Waals surface area (Å²) in [7, 11) is 0. The molecule has 0 saturated carbocycles. The fourth-order valence-electron chi connectivity index (χ4n) is 1.84. The van der Waals surface area contributed by atoms with Crippen molar-refractivity contribution in [2.45, 2.75) is 13.8 Å². The second-order valence-corrected chi connectivity index (χ2v) is 4.32. The van der Waals surface area contributed by atoms with Gasteiger partial charge < -0.3 is 10.3 Å². The van der Waals surface area contributed by atoms with E-state index in [4.69, 9.17) is 5.84 Å². The Hall–Kier alpha value is -2.47. The van der Waals surface area contributed by atoms with Gasteiger partial charge in [0, 0.05) is 12.2 Å². The van der Waals surface area contributed by atoms with Gasteiger partial charge >= 0.3 is 0 Å². The summed E-state index contributed by atoms with van der Waals surface area (Å²) in [4.78, 5) is 22.2. The summed E-state index contributed by atoms with van der Waals surface area (Å²) in [6.07, 6.45) is 2.89. The summed E-state index contributed by atoms with van der Waals surface area (Å²) in [6, 6.07) is 7.76. The fraction of sp³-hybridized carbons (Fsp3) is 0.214. The van der Waals surface area contributed by atoms with Crippen molar-refractivity contribution in [3.63, 3.8) is 0 Å². The molecule has 0 bridgehead atoms. The Morgan fingerprint density at radius 2 is 2.00 bits per heavy atom. The first-order valence-corrected chi connectivity index (χ1v) is 6.33. The lowest BCUT2D eigenvalue weighted by atomic mass is 10.2. The molecule has 0 aliphatic rings.